The van der Waals surface area contributed by atoms with Crippen LogP contribution < -0.4 is 5.32 Å². The van der Waals surface area contributed by atoms with E-state index in [4.69, 9.17) is 16.3 Å². The van der Waals surface area contributed by atoms with E-state index in [1.807, 2.05) is 12.1 Å². The molecule has 0 saturated carbocycles. The van der Waals surface area contributed by atoms with E-state index in [9.17, 15) is 4.79 Å². The van der Waals surface area contributed by atoms with Crippen molar-refractivity contribution in [1.29, 1.82) is 0 Å². The Morgan fingerprint density at radius 1 is 1.22 bits per heavy atom. The van der Waals surface area contributed by atoms with Gasteiger partial charge >= 0.3 is 0 Å². The molecule has 1 amide bonds. The Hall–Kier alpha value is -1.14. The predicted molar refractivity (Wildman–Crippen MR) is 109 cm³/mol. The van der Waals surface area contributed by atoms with Gasteiger partial charge in [0, 0.05) is 37.8 Å². The second-order valence-corrected chi connectivity index (χ2v) is 8.12. The normalized spacial score (nSPS) is 22.7. The monoisotopic (exact) mass is 393 g/mol. The van der Waals surface area contributed by atoms with E-state index in [2.05, 4.69) is 27.2 Å². The van der Waals surface area contributed by atoms with Gasteiger partial charge in [-0.25, -0.2) is 0 Å². The van der Waals surface area contributed by atoms with E-state index in [1.165, 1.54) is 18.4 Å². The van der Waals surface area contributed by atoms with Crippen LogP contribution in [0.4, 0.5) is 0 Å². The zero-order chi connectivity index (χ0) is 19.1. The van der Waals surface area contributed by atoms with Crippen LogP contribution in [0.25, 0.3) is 0 Å². The summed E-state index contributed by atoms with van der Waals surface area (Å²) < 4.78 is 5.02. The molecule has 0 spiro atoms. The van der Waals surface area contributed by atoms with Gasteiger partial charge in [-0.1, -0.05) is 29.8 Å². The van der Waals surface area contributed by atoms with Crippen molar-refractivity contribution in [3.63, 3.8) is 0 Å². The summed E-state index contributed by atoms with van der Waals surface area (Å²) in [5.74, 6) is 0.310. The maximum Gasteiger partial charge on any atom is 0.224 e. The number of amides is 1. The van der Waals surface area contributed by atoms with Crippen molar-refractivity contribution in [3.8, 4) is 0 Å². The largest absolute Gasteiger partial charge is 0.383 e. The molecule has 2 saturated heterocycles. The van der Waals surface area contributed by atoms with E-state index in [0.29, 0.717) is 19.2 Å². The molecular weight excluding hydrogens is 362 g/mol. The SMILES string of the molecule is COCCNC(=O)C1CCCN(C2CCN(Cc3ccccc3Cl)CC2)C1. The lowest BCUT2D eigenvalue weighted by molar-refractivity contribution is -0.127. The van der Waals surface area contributed by atoms with Gasteiger partial charge in [-0.05, 0) is 56.9 Å². The van der Waals surface area contributed by atoms with Gasteiger partial charge in [0.05, 0.1) is 12.5 Å². The smallest absolute Gasteiger partial charge is 0.224 e. The van der Waals surface area contributed by atoms with Crippen LogP contribution in [0.1, 0.15) is 31.2 Å². The Balaban J connectivity index is 1.45. The highest BCUT2D eigenvalue weighted by Crippen LogP contribution is 2.25. The summed E-state index contributed by atoms with van der Waals surface area (Å²) in [6.45, 7) is 6.31. The van der Waals surface area contributed by atoms with E-state index in [1.54, 1.807) is 7.11 Å². The first-order valence-corrected chi connectivity index (χ1v) is 10.5. The lowest BCUT2D eigenvalue weighted by Gasteiger charge is -2.42. The molecule has 27 heavy (non-hydrogen) atoms. The van der Waals surface area contributed by atoms with Gasteiger partial charge in [0.1, 0.15) is 0 Å². The maximum atomic E-state index is 12.4. The van der Waals surface area contributed by atoms with E-state index in [0.717, 1.165) is 50.6 Å². The average Bonchev–Trinajstić information content (AvgIpc) is 2.70. The number of hydrogen-bond donors (Lipinski definition) is 1. The molecule has 0 bridgehead atoms. The topological polar surface area (TPSA) is 44.8 Å². The van der Waals surface area contributed by atoms with Crippen molar-refractivity contribution in [2.45, 2.75) is 38.3 Å². The third-order valence-electron chi connectivity index (χ3n) is 5.85. The van der Waals surface area contributed by atoms with Crippen LogP contribution in [0.3, 0.4) is 0 Å². The number of benzene rings is 1. The summed E-state index contributed by atoms with van der Waals surface area (Å²) in [5, 5.41) is 3.86. The third-order valence-corrected chi connectivity index (χ3v) is 6.22. The molecule has 2 aliphatic rings. The molecule has 0 aliphatic carbocycles. The summed E-state index contributed by atoms with van der Waals surface area (Å²) in [7, 11) is 1.66. The maximum absolute atomic E-state index is 12.4. The summed E-state index contributed by atoms with van der Waals surface area (Å²) >= 11 is 6.30. The van der Waals surface area contributed by atoms with Crippen molar-refractivity contribution < 1.29 is 9.53 Å². The number of piperidine rings is 2. The molecule has 1 aromatic rings. The quantitative estimate of drug-likeness (QED) is 0.723. The lowest BCUT2D eigenvalue weighted by atomic mass is 9.93. The molecule has 2 fully saturated rings. The first kappa shape index (κ1) is 20.6. The number of halogens is 1. The number of ether oxygens (including phenoxy) is 1. The minimum absolute atomic E-state index is 0.122. The van der Waals surface area contributed by atoms with Crippen LogP contribution in [0.2, 0.25) is 5.02 Å². The molecule has 1 unspecified atom stereocenters. The van der Waals surface area contributed by atoms with Gasteiger partial charge in [-0.2, -0.15) is 0 Å². The Bertz CT molecular complexity index is 605. The Labute approximate surface area is 168 Å². The molecule has 0 aromatic heterocycles. The van der Waals surface area contributed by atoms with Crippen LogP contribution >= 0.6 is 11.6 Å². The fraction of sp³-hybridized carbons (Fsp3) is 0.667. The van der Waals surface area contributed by atoms with Crippen molar-refractivity contribution in [1.82, 2.24) is 15.1 Å². The third kappa shape index (κ3) is 5.92. The number of nitrogens with one attached hydrogen (secondary N) is 1. The molecule has 150 valence electrons. The number of methoxy groups -OCH3 is 1. The van der Waals surface area contributed by atoms with E-state index >= 15 is 0 Å². The van der Waals surface area contributed by atoms with Gasteiger partial charge < -0.3 is 10.1 Å². The van der Waals surface area contributed by atoms with Crippen LogP contribution in [0.5, 0.6) is 0 Å². The van der Waals surface area contributed by atoms with Gasteiger partial charge in [0.2, 0.25) is 5.91 Å². The van der Waals surface area contributed by atoms with E-state index in [-0.39, 0.29) is 11.8 Å². The van der Waals surface area contributed by atoms with Gasteiger partial charge in [-0.15, -0.1) is 0 Å². The zero-order valence-electron chi connectivity index (χ0n) is 16.3. The highest BCUT2D eigenvalue weighted by Gasteiger charge is 2.31. The van der Waals surface area contributed by atoms with Crippen molar-refractivity contribution in [2.24, 2.45) is 5.92 Å². The van der Waals surface area contributed by atoms with Gasteiger partial charge in [-0.3, -0.25) is 14.6 Å². The standard InChI is InChI=1S/C21H32ClN3O2/c1-27-14-10-23-21(26)18-6-4-11-25(16-18)19-8-12-24(13-9-19)15-17-5-2-3-7-20(17)22/h2-3,5,7,18-19H,4,6,8-16H2,1H3,(H,23,26). The molecule has 5 nitrogen and oxygen atoms in total. The van der Waals surface area contributed by atoms with Gasteiger partial charge in [0.15, 0.2) is 0 Å². The predicted octanol–water partition coefficient (Wildman–Crippen LogP) is 2.78. The first-order valence-electron chi connectivity index (χ1n) is 10.1. The molecule has 2 aliphatic heterocycles. The highest BCUT2D eigenvalue weighted by atomic mass is 35.5. The van der Waals surface area contributed by atoms with Crippen molar-refractivity contribution in [2.75, 3.05) is 46.4 Å². The number of hydrogen-bond acceptors (Lipinski definition) is 4. The second kappa shape index (κ2) is 10.4. The highest BCUT2D eigenvalue weighted by molar-refractivity contribution is 6.31. The number of nitrogens with zero attached hydrogens (tertiary/aromatic N) is 2. The fourth-order valence-corrected chi connectivity index (χ4v) is 4.48. The summed E-state index contributed by atoms with van der Waals surface area (Å²) in [6, 6.07) is 8.72. The van der Waals surface area contributed by atoms with Crippen LogP contribution in [-0.2, 0) is 16.1 Å². The molecule has 1 atom stereocenters. The van der Waals surface area contributed by atoms with Crippen LogP contribution in [0, 0.1) is 5.92 Å². The molecule has 0 radical (unpaired) electrons. The number of likely N-dealkylation sites (tertiary alicyclic amines) is 2. The fourth-order valence-electron chi connectivity index (χ4n) is 4.28. The number of carbonyl (C=O) groups excluding carboxylic acids is 1. The Morgan fingerprint density at radius 3 is 2.74 bits per heavy atom. The van der Waals surface area contributed by atoms with E-state index < -0.39 is 0 Å². The summed E-state index contributed by atoms with van der Waals surface area (Å²) in [6.07, 6.45) is 4.45. The van der Waals surface area contributed by atoms with Gasteiger partial charge in [0.25, 0.3) is 0 Å². The Kier molecular flexibility index (Phi) is 7.94. The summed E-state index contributed by atoms with van der Waals surface area (Å²) in [4.78, 5) is 17.4. The molecule has 6 heteroatoms. The number of carbonyl (C=O) groups is 1. The minimum Gasteiger partial charge on any atom is -0.383 e. The van der Waals surface area contributed by atoms with Crippen LogP contribution in [0.15, 0.2) is 24.3 Å². The average molecular weight is 394 g/mol. The zero-order valence-corrected chi connectivity index (χ0v) is 17.1. The molecule has 3 rings (SSSR count). The minimum atomic E-state index is 0.122. The molecular formula is C21H32ClN3O2. The lowest BCUT2D eigenvalue weighted by Crippen LogP contribution is -2.50. The number of rotatable bonds is 7. The first-order chi connectivity index (χ1) is 13.2. The van der Waals surface area contributed by atoms with Crippen LogP contribution in [-0.4, -0.2) is 68.2 Å². The van der Waals surface area contributed by atoms with Crippen molar-refractivity contribution in [3.05, 3.63) is 34.9 Å². The molecule has 1 N–H and O–H groups in total. The molecule has 2 heterocycles. The Morgan fingerprint density at radius 2 is 2.00 bits per heavy atom. The second-order valence-electron chi connectivity index (χ2n) is 7.72. The summed E-state index contributed by atoms with van der Waals surface area (Å²) in [5.41, 5.74) is 1.21. The van der Waals surface area contributed by atoms with Crippen molar-refractivity contribution >= 4 is 17.5 Å². The molecule has 1 aromatic carbocycles.